The van der Waals surface area contributed by atoms with Gasteiger partial charge in [0, 0.05) is 0 Å². The van der Waals surface area contributed by atoms with Gasteiger partial charge in [-0.25, -0.2) is 0 Å². The fourth-order valence-electron chi connectivity index (χ4n) is 2.63. The van der Waals surface area contributed by atoms with Crippen LogP contribution in [0.2, 0.25) is 0 Å². The lowest BCUT2D eigenvalue weighted by Gasteiger charge is -2.23. The summed E-state index contributed by atoms with van der Waals surface area (Å²) in [6.45, 7) is 6.11. The van der Waals surface area contributed by atoms with Crippen LogP contribution in [0.4, 0.5) is 0 Å². The molecule has 1 saturated carbocycles. The van der Waals surface area contributed by atoms with E-state index in [-0.39, 0.29) is 0 Å². The maximum Gasteiger partial charge on any atom is -0.0109 e. The normalized spacial score (nSPS) is 37.6. The molecule has 66 valence electrons. The molecule has 2 aliphatic rings. The van der Waals surface area contributed by atoms with Gasteiger partial charge in [0.2, 0.25) is 0 Å². The van der Waals surface area contributed by atoms with E-state index < -0.39 is 0 Å². The predicted octanol–water partition coefficient (Wildman–Crippen LogP) is 3.70. The minimum absolute atomic E-state index is 0.601. The summed E-state index contributed by atoms with van der Waals surface area (Å²) < 4.78 is 0. The Kier molecular flexibility index (Phi) is 1.86. The van der Waals surface area contributed by atoms with Gasteiger partial charge in [-0.05, 0) is 50.4 Å². The third kappa shape index (κ3) is 1.35. The second-order valence-corrected chi connectivity index (χ2v) is 4.68. The van der Waals surface area contributed by atoms with Gasteiger partial charge in [-0.3, -0.25) is 0 Å². The number of hydrogen-bond acceptors (Lipinski definition) is 0. The van der Waals surface area contributed by atoms with Gasteiger partial charge in [0.15, 0.2) is 0 Å². The first-order valence-corrected chi connectivity index (χ1v) is 5.04. The summed E-state index contributed by atoms with van der Waals surface area (Å²) in [6.07, 6.45) is 11.8. The third-order valence-corrected chi connectivity index (χ3v) is 3.45. The molecule has 0 spiro atoms. The Labute approximate surface area is 75.4 Å². The van der Waals surface area contributed by atoms with Gasteiger partial charge in [0.1, 0.15) is 0 Å². The van der Waals surface area contributed by atoms with Crippen LogP contribution in [0.5, 0.6) is 0 Å². The van der Waals surface area contributed by atoms with Crippen molar-refractivity contribution in [2.24, 2.45) is 11.3 Å². The lowest BCUT2D eigenvalue weighted by atomic mass is 9.82. The van der Waals surface area contributed by atoms with E-state index in [1.165, 1.54) is 37.7 Å². The Morgan fingerprint density at radius 2 is 2.50 bits per heavy atom. The molecule has 0 aliphatic heterocycles. The number of hydrogen-bond donors (Lipinski definition) is 0. The molecule has 2 rings (SSSR count). The van der Waals surface area contributed by atoms with E-state index in [1.807, 2.05) is 0 Å². The zero-order valence-corrected chi connectivity index (χ0v) is 7.97. The van der Waals surface area contributed by atoms with Crippen LogP contribution < -0.4 is 0 Å². The van der Waals surface area contributed by atoms with Crippen molar-refractivity contribution in [2.45, 2.75) is 39.0 Å². The van der Waals surface area contributed by atoms with E-state index in [4.69, 9.17) is 0 Å². The lowest BCUT2D eigenvalue weighted by molar-refractivity contribution is 0.370. The van der Waals surface area contributed by atoms with Gasteiger partial charge in [0.25, 0.3) is 0 Å². The fourth-order valence-corrected chi connectivity index (χ4v) is 2.63. The first kappa shape index (κ1) is 8.10. The van der Waals surface area contributed by atoms with Crippen molar-refractivity contribution >= 4 is 0 Å². The van der Waals surface area contributed by atoms with E-state index in [2.05, 4.69) is 25.7 Å². The van der Waals surface area contributed by atoms with Crippen molar-refractivity contribution in [2.75, 3.05) is 0 Å². The molecule has 2 atom stereocenters. The van der Waals surface area contributed by atoms with Crippen LogP contribution in [0.1, 0.15) is 39.0 Å². The Morgan fingerprint density at radius 1 is 1.67 bits per heavy atom. The van der Waals surface area contributed by atoms with E-state index in [0.717, 1.165) is 5.92 Å². The van der Waals surface area contributed by atoms with Gasteiger partial charge in [-0.1, -0.05) is 17.7 Å². The Morgan fingerprint density at radius 3 is 2.92 bits per heavy atom. The fraction of sp³-hybridized carbons (Fsp3) is 0.667. The maximum absolute atomic E-state index is 3.97. The van der Waals surface area contributed by atoms with Crippen molar-refractivity contribution in [1.82, 2.24) is 0 Å². The Hall–Kier alpha value is -0.520. The van der Waals surface area contributed by atoms with Gasteiger partial charge >= 0.3 is 0 Å². The summed E-state index contributed by atoms with van der Waals surface area (Å²) in [7, 11) is 0. The van der Waals surface area contributed by atoms with Crippen molar-refractivity contribution in [1.29, 1.82) is 0 Å². The van der Waals surface area contributed by atoms with Crippen molar-refractivity contribution in [3.63, 3.8) is 0 Å². The van der Waals surface area contributed by atoms with Crippen LogP contribution in [0, 0.1) is 11.3 Å². The maximum atomic E-state index is 3.97. The molecule has 2 unspecified atom stereocenters. The highest BCUT2D eigenvalue weighted by atomic mass is 14.4. The molecule has 0 aromatic carbocycles. The molecule has 0 aromatic rings. The average Bonchev–Trinajstić information content (AvgIpc) is 2.60. The van der Waals surface area contributed by atoms with E-state index in [1.54, 1.807) is 0 Å². The monoisotopic (exact) mass is 162 g/mol. The van der Waals surface area contributed by atoms with Crippen LogP contribution in [-0.2, 0) is 0 Å². The molecule has 0 saturated heterocycles. The summed E-state index contributed by atoms with van der Waals surface area (Å²) in [6, 6.07) is 0. The molecule has 0 radical (unpaired) electrons. The standard InChI is InChI=1S/C12H18/c1-10(2)3-6-12-7-4-11(9-12)5-8-12/h4,7,11H,1,3,5-6,8-9H2,2H3. The highest BCUT2D eigenvalue weighted by Crippen LogP contribution is 2.52. The van der Waals surface area contributed by atoms with Gasteiger partial charge < -0.3 is 0 Å². The zero-order valence-electron chi connectivity index (χ0n) is 7.97. The molecule has 0 heteroatoms. The molecule has 0 amide bonds. The van der Waals surface area contributed by atoms with Crippen LogP contribution in [0.15, 0.2) is 24.3 Å². The summed E-state index contributed by atoms with van der Waals surface area (Å²) >= 11 is 0. The van der Waals surface area contributed by atoms with Crippen molar-refractivity contribution in [3.8, 4) is 0 Å². The molecule has 0 N–H and O–H groups in total. The number of rotatable bonds is 3. The van der Waals surface area contributed by atoms with Crippen molar-refractivity contribution in [3.05, 3.63) is 24.3 Å². The SMILES string of the molecule is C=C(C)CCC12C=CC(CC1)C2. The first-order chi connectivity index (χ1) is 5.70. The number of fused-ring (bicyclic) bond motifs is 2. The van der Waals surface area contributed by atoms with Gasteiger partial charge in [-0.2, -0.15) is 0 Å². The average molecular weight is 162 g/mol. The highest BCUT2D eigenvalue weighted by molar-refractivity contribution is 5.16. The molecule has 2 aliphatic carbocycles. The summed E-state index contributed by atoms with van der Waals surface area (Å²) in [5, 5.41) is 0. The topological polar surface area (TPSA) is 0 Å². The largest absolute Gasteiger partial charge is 0.100 e. The molecule has 1 fully saturated rings. The smallest absolute Gasteiger partial charge is 0.0109 e. The second-order valence-electron chi connectivity index (χ2n) is 4.68. The van der Waals surface area contributed by atoms with Crippen molar-refractivity contribution < 1.29 is 0 Å². The number of allylic oxidation sites excluding steroid dienone is 3. The van der Waals surface area contributed by atoms with E-state index in [0.29, 0.717) is 5.41 Å². The predicted molar refractivity (Wildman–Crippen MR) is 53.0 cm³/mol. The minimum atomic E-state index is 0.601. The zero-order chi connectivity index (χ0) is 8.60. The van der Waals surface area contributed by atoms with E-state index >= 15 is 0 Å². The summed E-state index contributed by atoms with van der Waals surface area (Å²) in [5.74, 6) is 0.926. The Balaban J connectivity index is 1.95. The quantitative estimate of drug-likeness (QED) is 0.555. The molecular weight excluding hydrogens is 144 g/mol. The molecular formula is C12H18. The highest BCUT2D eigenvalue weighted by Gasteiger charge is 2.39. The van der Waals surface area contributed by atoms with Crippen LogP contribution >= 0.6 is 0 Å². The van der Waals surface area contributed by atoms with E-state index in [9.17, 15) is 0 Å². The minimum Gasteiger partial charge on any atom is -0.100 e. The van der Waals surface area contributed by atoms with Crippen LogP contribution in [-0.4, -0.2) is 0 Å². The summed E-state index contributed by atoms with van der Waals surface area (Å²) in [4.78, 5) is 0. The first-order valence-electron chi connectivity index (χ1n) is 5.04. The lowest BCUT2D eigenvalue weighted by Crippen LogP contribution is -2.10. The second kappa shape index (κ2) is 2.76. The summed E-state index contributed by atoms with van der Waals surface area (Å²) in [5.41, 5.74) is 1.94. The third-order valence-electron chi connectivity index (χ3n) is 3.45. The Bertz CT molecular complexity index is 224. The molecule has 2 bridgehead atoms. The van der Waals surface area contributed by atoms with Crippen LogP contribution in [0.25, 0.3) is 0 Å². The molecule has 0 nitrogen and oxygen atoms in total. The molecule has 0 aromatic heterocycles. The van der Waals surface area contributed by atoms with Gasteiger partial charge in [-0.15, -0.1) is 6.58 Å². The molecule has 0 heterocycles. The molecule has 12 heavy (non-hydrogen) atoms. The van der Waals surface area contributed by atoms with Crippen LogP contribution in [0.3, 0.4) is 0 Å². The van der Waals surface area contributed by atoms with Gasteiger partial charge in [0.05, 0.1) is 0 Å².